The van der Waals surface area contributed by atoms with Crippen LogP contribution in [0.25, 0.3) is 11.1 Å². The van der Waals surface area contributed by atoms with Gasteiger partial charge in [-0.15, -0.1) is 0 Å². The summed E-state index contributed by atoms with van der Waals surface area (Å²) in [6.07, 6.45) is 3.34. The highest BCUT2D eigenvalue weighted by Crippen LogP contribution is 2.66. The number of hydrogen-bond donors (Lipinski definition) is 5. The fourth-order valence-electron chi connectivity index (χ4n) is 11.2. The summed E-state index contributed by atoms with van der Waals surface area (Å²) in [5.74, 6) is 1.39. The summed E-state index contributed by atoms with van der Waals surface area (Å²) in [6, 6.07) is 20.2. The smallest absolute Gasteiger partial charge is 0.251 e. The molecular formula is C48H68N6O8S. The Morgan fingerprint density at radius 1 is 1.03 bits per heavy atom. The number of aliphatic hydroxyl groups is 2. The van der Waals surface area contributed by atoms with Crippen LogP contribution >= 0.6 is 0 Å². The number of benzene rings is 3. The van der Waals surface area contributed by atoms with Gasteiger partial charge < -0.3 is 35.4 Å². The third kappa shape index (κ3) is 9.52. The molecule has 5 aliphatic rings. The summed E-state index contributed by atoms with van der Waals surface area (Å²) in [5, 5.41) is 30.5. The molecular weight excluding hydrogens is 821 g/mol. The maximum Gasteiger partial charge on any atom is 0.251 e. The van der Waals surface area contributed by atoms with Crippen molar-refractivity contribution < 1.29 is 37.8 Å². The number of aliphatic hydroxyl groups excluding tert-OH is 1. The Kier molecular flexibility index (Phi) is 13.4. The number of hydroxylamine groups is 2. The highest BCUT2D eigenvalue weighted by Gasteiger charge is 2.78. The Morgan fingerprint density at radius 2 is 1.75 bits per heavy atom. The van der Waals surface area contributed by atoms with Crippen LogP contribution in [0.5, 0.6) is 5.75 Å². The lowest BCUT2D eigenvalue weighted by atomic mass is 9.45. The number of hydrogen-bond acceptors (Lipinski definition) is 11. The van der Waals surface area contributed by atoms with Gasteiger partial charge in [0.2, 0.25) is 15.9 Å². The summed E-state index contributed by atoms with van der Waals surface area (Å²) >= 11 is 0. The number of para-hydroxylation sites is 1. The van der Waals surface area contributed by atoms with Crippen molar-refractivity contribution >= 4 is 27.5 Å². The Labute approximate surface area is 373 Å². The van der Waals surface area contributed by atoms with E-state index in [4.69, 9.17) is 9.57 Å². The SMILES string of the molecule is COc1c(CN2O[C@@H](CO)[C@]3(CC3(C)O)[C@H]2C(=O)N[C@H]2C[C@H]3C[C@@H]([C@@H]2C)C3(C)C)cccc1-c1cc(C(=O)N[C@@H](Cc2ccccc2)CN(C)C)cc(N(C)CCNS(C)(=O)=O)c1. The highest BCUT2D eigenvalue weighted by molar-refractivity contribution is 7.88. The molecule has 63 heavy (non-hydrogen) atoms. The molecule has 1 aliphatic heterocycles. The van der Waals surface area contributed by atoms with E-state index in [1.807, 2.05) is 91.6 Å². The molecule has 5 N–H and O–H groups in total. The lowest BCUT2D eigenvalue weighted by Gasteiger charge is -2.62. The average Bonchev–Trinajstić information content (AvgIpc) is 3.65. The van der Waals surface area contributed by atoms with Crippen LogP contribution in [0.2, 0.25) is 0 Å². The molecule has 9 atom stereocenters. The van der Waals surface area contributed by atoms with Crippen molar-refractivity contribution in [1.82, 2.24) is 25.3 Å². The Morgan fingerprint density at radius 3 is 2.35 bits per heavy atom. The molecule has 14 nitrogen and oxygen atoms in total. The molecule has 3 aromatic carbocycles. The van der Waals surface area contributed by atoms with Gasteiger partial charge in [0.15, 0.2) is 0 Å². The predicted molar refractivity (Wildman–Crippen MR) is 245 cm³/mol. The second kappa shape index (κ2) is 18.1. The van der Waals surface area contributed by atoms with Crippen molar-refractivity contribution in [2.24, 2.45) is 28.6 Å². The van der Waals surface area contributed by atoms with Gasteiger partial charge in [0.1, 0.15) is 17.9 Å². The van der Waals surface area contributed by atoms with Crippen molar-refractivity contribution in [1.29, 1.82) is 0 Å². The van der Waals surface area contributed by atoms with E-state index in [1.54, 1.807) is 25.2 Å². The number of nitrogens with one attached hydrogen (secondary N) is 3. The first kappa shape index (κ1) is 46.9. The van der Waals surface area contributed by atoms with E-state index in [0.717, 1.165) is 18.2 Å². The van der Waals surface area contributed by atoms with Crippen molar-refractivity contribution in [2.75, 3.05) is 65.6 Å². The fraction of sp³-hybridized carbons (Fsp3) is 0.583. The van der Waals surface area contributed by atoms with Crippen LogP contribution in [0.15, 0.2) is 66.7 Å². The van der Waals surface area contributed by atoms with Crippen LogP contribution < -0.4 is 25.0 Å². The van der Waals surface area contributed by atoms with Crippen molar-refractivity contribution in [3.8, 4) is 16.9 Å². The zero-order chi connectivity index (χ0) is 45.6. The number of fused-ring (bicyclic) bond motifs is 2. The largest absolute Gasteiger partial charge is 0.496 e. The zero-order valence-corrected chi connectivity index (χ0v) is 39.2. The summed E-state index contributed by atoms with van der Waals surface area (Å²) in [7, 11) is 3.95. The lowest BCUT2D eigenvalue weighted by Crippen LogP contribution is -2.62. The van der Waals surface area contributed by atoms with E-state index in [1.165, 1.54) is 6.42 Å². The average molecular weight is 889 g/mol. The quantitative estimate of drug-likeness (QED) is 0.125. The molecule has 344 valence electrons. The molecule has 4 aliphatic carbocycles. The van der Waals surface area contributed by atoms with E-state index < -0.39 is 33.2 Å². The Balaban J connectivity index is 1.21. The molecule has 2 bridgehead atoms. The first-order valence-electron chi connectivity index (χ1n) is 22.2. The van der Waals surface area contributed by atoms with E-state index in [2.05, 4.69) is 36.1 Å². The molecule has 5 fully saturated rings. The molecule has 3 aromatic rings. The minimum absolute atomic E-state index is 0.00151. The van der Waals surface area contributed by atoms with Crippen molar-refractivity contribution in [3.05, 3.63) is 83.4 Å². The molecule has 0 radical (unpaired) electrons. The van der Waals surface area contributed by atoms with Crippen LogP contribution in [0.1, 0.15) is 68.4 Å². The van der Waals surface area contributed by atoms with Crippen LogP contribution in [-0.4, -0.2) is 131 Å². The third-order valence-electron chi connectivity index (χ3n) is 14.8. The van der Waals surface area contributed by atoms with Crippen molar-refractivity contribution in [2.45, 2.75) is 89.8 Å². The molecule has 8 rings (SSSR count). The Hall–Kier alpha value is -4.09. The second-order valence-corrected chi connectivity index (χ2v) is 21.6. The number of methoxy groups -OCH3 is 1. The van der Waals surface area contributed by atoms with Gasteiger partial charge in [0, 0.05) is 61.1 Å². The van der Waals surface area contributed by atoms with Gasteiger partial charge in [-0.2, -0.15) is 5.06 Å². The summed E-state index contributed by atoms with van der Waals surface area (Å²) in [4.78, 5) is 39.3. The van der Waals surface area contributed by atoms with Crippen LogP contribution in [-0.2, 0) is 32.6 Å². The monoisotopic (exact) mass is 888 g/mol. The lowest BCUT2D eigenvalue weighted by molar-refractivity contribution is -0.183. The zero-order valence-electron chi connectivity index (χ0n) is 38.4. The van der Waals surface area contributed by atoms with Gasteiger partial charge in [0.25, 0.3) is 5.91 Å². The van der Waals surface area contributed by atoms with Gasteiger partial charge in [-0.3, -0.25) is 14.4 Å². The maximum atomic E-state index is 14.6. The van der Waals surface area contributed by atoms with E-state index >= 15 is 0 Å². The third-order valence-corrected chi connectivity index (χ3v) is 15.6. The minimum atomic E-state index is -3.42. The standard InChI is InChI=1S/C48H68N6O8S/c1-30-39-24-35(46(39,2)3)25-40(30)51-45(57)43-48(29-47(48,4)58)41(28-55)62-54(43)26-32-16-13-17-38(42(32)61-8)33-21-34(23-37(22-33)53(7)19-18-49-63(9,59)60)44(56)50-36(27-52(5)6)20-31-14-11-10-12-15-31/h10-17,21-23,30,35-36,39-41,43,49,55,58H,18-20,24-29H2,1-9H3,(H,50,56)(H,51,57)/t30-,35+,36-,39-,40-,41-,43+,47?,48+/m0/s1. The normalized spacial score (nSPS) is 29.0. The summed E-state index contributed by atoms with van der Waals surface area (Å²) < 4.78 is 32.5. The Bertz CT molecular complexity index is 2260. The highest BCUT2D eigenvalue weighted by atomic mass is 32.2. The van der Waals surface area contributed by atoms with Gasteiger partial charge in [-0.25, -0.2) is 13.1 Å². The number of carbonyl (C=O) groups excluding carboxylic acids is 2. The van der Waals surface area contributed by atoms with Crippen molar-refractivity contribution in [3.63, 3.8) is 0 Å². The van der Waals surface area contributed by atoms with Crippen LogP contribution in [0, 0.1) is 28.6 Å². The molecule has 0 aromatic heterocycles. The number of carbonyl (C=O) groups is 2. The number of amides is 2. The number of nitrogens with zero attached hydrogens (tertiary/aromatic N) is 3. The number of ether oxygens (including phenoxy) is 1. The minimum Gasteiger partial charge on any atom is -0.496 e. The van der Waals surface area contributed by atoms with Gasteiger partial charge in [0.05, 0.1) is 37.5 Å². The number of sulfonamides is 1. The van der Waals surface area contributed by atoms with E-state index in [0.29, 0.717) is 77.4 Å². The predicted octanol–water partition coefficient (Wildman–Crippen LogP) is 4.06. The molecule has 15 heteroatoms. The molecule has 1 saturated heterocycles. The first-order chi connectivity index (χ1) is 29.7. The van der Waals surface area contributed by atoms with E-state index in [-0.39, 0.29) is 49.0 Å². The molecule has 4 saturated carbocycles. The van der Waals surface area contributed by atoms with Gasteiger partial charge >= 0.3 is 0 Å². The fourth-order valence-corrected chi connectivity index (χ4v) is 11.6. The molecule has 1 unspecified atom stereocenters. The molecule has 1 heterocycles. The summed E-state index contributed by atoms with van der Waals surface area (Å²) in [5.41, 5.74) is 2.30. The molecule has 2 amide bonds. The maximum absolute atomic E-state index is 14.6. The van der Waals surface area contributed by atoms with Crippen LogP contribution in [0.4, 0.5) is 5.69 Å². The van der Waals surface area contributed by atoms with Crippen LogP contribution in [0.3, 0.4) is 0 Å². The number of anilines is 1. The number of likely N-dealkylation sites (N-methyl/N-ethyl adjacent to an activating group) is 2. The topological polar surface area (TPSA) is 173 Å². The summed E-state index contributed by atoms with van der Waals surface area (Å²) in [6.45, 7) is 9.45. The van der Waals surface area contributed by atoms with E-state index in [9.17, 15) is 28.2 Å². The number of rotatable bonds is 18. The van der Waals surface area contributed by atoms with Gasteiger partial charge in [-0.1, -0.05) is 69.3 Å². The van der Waals surface area contributed by atoms with Gasteiger partial charge in [-0.05, 0) is 99.2 Å². The molecule has 1 spiro atoms. The second-order valence-electron chi connectivity index (χ2n) is 19.8. The first-order valence-corrected chi connectivity index (χ1v) is 24.1.